The van der Waals surface area contributed by atoms with Crippen LogP contribution in [-0.4, -0.2) is 20.6 Å². The van der Waals surface area contributed by atoms with Crippen LogP contribution in [0, 0.1) is 13.8 Å². The first-order valence-electron chi connectivity index (χ1n) is 11.2. The van der Waals surface area contributed by atoms with E-state index in [2.05, 4.69) is 30.5 Å². The van der Waals surface area contributed by atoms with Crippen molar-refractivity contribution in [3.63, 3.8) is 0 Å². The number of aryl methyl sites for hydroxylation is 3. The predicted molar refractivity (Wildman–Crippen MR) is 127 cm³/mol. The zero-order valence-electron chi connectivity index (χ0n) is 19.6. The number of carboxylic acid groups (broad SMARTS) is 1. The summed E-state index contributed by atoms with van der Waals surface area (Å²) >= 11 is 0. The minimum Gasteiger partial charge on any atom is -0.489 e. The van der Waals surface area contributed by atoms with Crippen molar-refractivity contribution in [3.8, 4) is 5.75 Å². The van der Waals surface area contributed by atoms with Gasteiger partial charge in [0.25, 0.3) is 0 Å². The molecule has 0 atom stereocenters. The molecule has 0 aliphatic carbocycles. The highest BCUT2D eigenvalue weighted by Gasteiger charge is 2.38. The van der Waals surface area contributed by atoms with Crippen LogP contribution in [0.15, 0.2) is 54.6 Å². The smallest absolute Gasteiger partial charge is 0.417 e. The highest BCUT2D eigenvalue weighted by Crippen LogP contribution is 2.35. The SMILES string of the molecule is CCc1nc2cc(C)cc(C)c2n1Cc1ccc(OCc2cccc(C(=O)O)c2C(F)(F)F)cc1. The fourth-order valence-electron chi connectivity index (χ4n) is 4.41. The van der Waals surface area contributed by atoms with Crippen LogP contribution in [0.5, 0.6) is 5.75 Å². The minimum atomic E-state index is -4.81. The van der Waals surface area contributed by atoms with Gasteiger partial charge >= 0.3 is 12.1 Å². The molecule has 4 rings (SSSR count). The van der Waals surface area contributed by atoms with Crippen molar-refractivity contribution < 1.29 is 27.8 Å². The Hall–Kier alpha value is -3.81. The highest BCUT2D eigenvalue weighted by atomic mass is 19.4. The van der Waals surface area contributed by atoms with E-state index in [0.717, 1.165) is 46.0 Å². The monoisotopic (exact) mass is 482 g/mol. The highest BCUT2D eigenvalue weighted by molar-refractivity contribution is 5.90. The number of benzene rings is 3. The van der Waals surface area contributed by atoms with Gasteiger partial charge in [-0.25, -0.2) is 9.78 Å². The number of nitrogens with zero attached hydrogens (tertiary/aromatic N) is 2. The van der Waals surface area contributed by atoms with Crippen LogP contribution in [0.4, 0.5) is 13.2 Å². The standard InChI is InChI=1S/C27H25F3N2O3/c1-4-23-31-22-13-16(2)12-17(3)25(22)32(23)14-18-8-10-20(11-9-18)35-15-19-6-5-7-21(26(33)34)24(19)27(28,29)30/h5-13H,4,14-15H2,1-3H3,(H,33,34). The molecule has 0 spiro atoms. The van der Waals surface area contributed by atoms with Gasteiger partial charge in [0, 0.05) is 18.5 Å². The van der Waals surface area contributed by atoms with Crippen molar-refractivity contribution in [2.75, 3.05) is 0 Å². The first kappa shape index (κ1) is 24.3. The number of halogens is 3. The summed E-state index contributed by atoms with van der Waals surface area (Å²) in [6, 6.07) is 14.8. The molecule has 4 aromatic rings. The van der Waals surface area contributed by atoms with E-state index in [1.54, 1.807) is 12.1 Å². The summed E-state index contributed by atoms with van der Waals surface area (Å²) in [4.78, 5) is 16.1. The predicted octanol–water partition coefficient (Wildman–Crippen LogP) is 6.56. The maximum absolute atomic E-state index is 13.5. The van der Waals surface area contributed by atoms with Gasteiger partial charge in [-0.3, -0.25) is 0 Å². The fraction of sp³-hybridized carbons (Fsp3) is 0.259. The number of carboxylic acids is 1. The summed E-state index contributed by atoms with van der Waals surface area (Å²) in [7, 11) is 0. The maximum atomic E-state index is 13.5. The van der Waals surface area contributed by atoms with E-state index >= 15 is 0 Å². The second-order valence-corrected chi connectivity index (χ2v) is 8.49. The number of ether oxygens (including phenoxy) is 1. The van der Waals surface area contributed by atoms with Gasteiger partial charge in [0.05, 0.1) is 22.2 Å². The topological polar surface area (TPSA) is 64.4 Å². The molecule has 0 aliphatic rings. The molecule has 3 aromatic carbocycles. The molecule has 0 radical (unpaired) electrons. The van der Waals surface area contributed by atoms with Crippen molar-refractivity contribution in [3.05, 3.63) is 93.8 Å². The largest absolute Gasteiger partial charge is 0.489 e. The number of fused-ring (bicyclic) bond motifs is 1. The molecule has 0 saturated carbocycles. The van der Waals surface area contributed by atoms with Gasteiger partial charge in [0.1, 0.15) is 18.2 Å². The number of carbonyl (C=O) groups is 1. The molecular formula is C27H25F3N2O3. The van der Waals surface area contributed by atoms with E-state index < -0.39 is 29.9 Å². The van der Waals surface area contributed by atoms with Crippen LogP contribution in [0.25, 0.3) is 11.0 Å². The van der Waals surface area contributed by atoms with Gasteiger partial charge in [-0.2, -0.15) is 13.2 Å². The molecule has 0 unspecified atom stereocenters. The average molecular weight is 483 g/mol. The third-order valence-corrected chi connectivity index (χ3v) is 5.89. The molecule has 0 saturated heterocycles. The second-order valence-electron chi connectivity index (χ2n) is 8.49. The van der Waals surface area contributed by atoms with Crippen LogP contribution < -0.4 is 4.74 Å². The Morgan fingerprint density at radius 1 is 1.09 bits per heavy atom. The molecule has 0 aliphatic heterocycles. The molecule has 182 valence electrons. The molecule has 35 heavy (non-hydrogen) atoms. The van der Waals surface area contributed by atoms with Crippen LogP contribution >= 0.6 is 0 Å². The normalized spacial score (nSPS) is 11.7. The average Bonchev–Trinajstić information content (AvgIpc) is 3.14. The first-order valence-corrected chi connectivity index (χ1v) is 11.2. The number of hydrogen-bond acceptors (Lipinski definition) is 3. The van der Waals surface area contributed by atoms with Crippen LogP contribution in [-0.2, 0) is 25.7 Å². The lowest BCUT2D eigenvalue weighted by Gasteiger charge is -2.16. The number of aromatic carboxylic acids is 1. The van der Waals surface area contributed by atoms with Crippen LogP contribution in [0.1, 0.15) is 50.9 Å². The van der Waals surface area contributed by atoms with Crippen LogP contribution in [0.2, 0.25) is 0 Å². The summed E-state index contributed by atoms with van der Waals surface area (Å²) in [6.07, 6.45) is -4.02. The third kappa shape index (κ3) is 5.01. The summed E-state index contributed by atoms with van der Waals surface area (Å²) in [5.74, 6) is -0.264. The van der Waals surface area contributed by atoms with Crippen molar-refractivity contribution >= 4 is 17.0 Å². The van der Waals surface area contributed by atoms with Crippen molar-refractivity contribution in [1.29, 1.82) is 0 Å². The molecule has 1 heterocycles. The van der Waals surface area contributed by atoms with E-state index in [-0.39, 0.29) is 5.56 Å². The first-order chi connectivity index (χ1) is 16.6. The lowest BCUT2D eigenvalue weighted by molar-refractivity contribution is -0.139. The Morgan fingerprint density at radius 3 is 2.43 bits per heavy atom. The van der Waals surface area contributed by atoms with Crippen molar-refractivity contribution in [2.45, 2.75) is 46.5 Å². The Bertz CT molecular complexity index is 1390. The third-order valence-electron chi connectivity index (χ3n) is 5.89. The molecule has 0 bridgehead atoms. The van der Waals surface area contributed by atoms with E-state index in [9.17, 15) is 18.0 Å². The second kappa shape index (κ2) is 9.44. The van der Waals surface area contributed by atoms with Gasteiger partial charge in [-0.05, 0) is 54.8 Å². The summed E-state index contributed by atoms with van der Waals surface area (Å²) in [6.45, 7) is 6.37. The zero-order valence-corrected chi connectivity index (χ0v) is 19.6. The summed E-state index contributed by atoms with van der Waals surface area (Å²) in [5, 5.41) is 9.16. The van der Waals surface area contributed by atoms with Crippen molar-refractivity contribution in [2.24, 2.45) is 0 Å². The molecular weight excluding hydrogens is 457 g/mol. The van der Waals surface area contributed by atoms with Gasteiger partial charge in [0.2, 0.25) is 0 Å². The molecule has 0 fully saturated rings. The summed E-state index contributed by atoms with van der Waals surface area (Å²) in [5.41, 5.74) is 3.14. The minimum absolute atomic E-state index is 0.232. The Labute approximate surface area is 200 Å². The fourth-order valence-corrected chi connectivity index (χ4v) is 4.41. The van der Waals surface area contributed by atoms with Gasteiger partial charge in [-0.1, -0.05) is 37.3 Å². The molecule has 0 amide bonds. The van der Waals surface area contributed by atoms with Gasteiger partial charge in [-0.15, -0.1) is 0 Å². The molecule has 1 N–H and O–H groups in total. The quantitative estimate of drug-likeness (QED) is 0.324. The number of hydrogen-bond donors (Lipinski definition) is 1. The number of alkyl halides is 3. The van der Waals surface area contributed by atoms with E-state index in [0.29, 0.717) is 12.3 Å². The van der Waals surface area contributed by atoms with Gasteiger partial charge in [0.15, 0.2) is 0 Å². The maximum Gasteiger partial charge on any atom is 0.417 e. The van der Waals surface area contributed by atoms with E-state index in [4.69, 9.17) is 14.8 Å². The Morgan fingerprint density at radius 2 is 1.80 bits per heavy atom. The lowest BCUT2D eigenvalue weighted by Crippen LogP contribution is -2.17. The molecule has 1 aromatic heterocycles. The van der Waals surface area contributed by atoms with E-state index in [1.807, 2.05) is 19.1 Å². The number of aromatic nitrogens is 2. The number of imidazole rings is 1. The Kier molecular flexibility index (Phi) is 6.56. The lowest BCUT2D eigenvalue weighted by atomic mass is 10.0. The summed E-state index contributed by atoms with van der Waals surface area (Å²) < 4.78 is 48.4. The van der Waals surface area contributed by atoms with Crippen molar-refractivity contribution in [1.82, 2.24) is 9.55 Å². The number of rotatable bonds is 7. The van der Waals surface area contributed by atoms with E-state index in [1.165, 1.54) is 12.1 Å². The zero-order chi connectivity index (χ0) is 25.3. The molecule has 5 nitrogen and oxygen atoms in total. The molecule has 8 heteroatoms. The Balaban J connectivity index is 1.55. The van der Waals surface area contributed by atoms with Crippen LogP contribution in [0.3, 0.4) is 0 Å². The van der Waals surface area contributed by atoms with Gasteiger partial charge < -0.3 is 14.4 Å².